The summed E-state index contributed by atoms with van der Waals surface area (Å²) in [6.45, 7) is 6.40. The molecule has 2 aromatic rings. The van der Waals surface area contributed by atoms with E-state index in [0.29, 0.717) is 12.6 Å². The number of likely N-dealkylation sites (tertiary alicyclic amines) is 1. The van der Waals surface area contributed by atoms with Crippen LogP contribution in [0.2, 0.25) is 0 Å². The Bertz CT molecular complexity index is 776. The largest absolute Gasteiger partial charge is 0.348 e. The zero-order chi connectivity index (χ0) is 17.4. The first-order valence-corrected chi connectivity index (χ1v) is 9.22. The van der Waals surface area contributed by atoms with Gasteiger partial charge >= 0.3 is 0 Å². The fourth-order valence-electron chi connectivity index (χ4n) is 4.19. The third-order valence-corrected chi connectivity index (χ3v) is 5.40. The molecule has 1 aliphatic carbocycles. The number of aromatic nitrogens is 2. The molecule has 1 fully saturated rings. The third-order valence-electron chi connectivity index (χ3n) is 5.40. The van der Waals surface area contributed by atoms with Gasteiger partial charge in [0.25, 0.3) is 0 Å². The second-order valence-electron chi connectivity index (χ2n) is 7.43. The highest BCUT2D eigenvalue weighted by molar-refractivity contribution is 5.78. The van der Waals surface area contributed by atoms with Gasteiger partial charge in [-0.3, -0.25) is 14.4 Å². The van der Waals surface area contributed by atoms with E-state index in [1.165, 1.54) is 16.8 Å². The summed E-state index contributed by atoms with van der Waals surface area (Å²) in [7, 11) is 0. The molecule has 0 radical (unpaired) electrons. The maximum Gasteiger partial charge on any atom is 0.234 e. The predicted octanol–water partition coefficient (Wildman–Crippen LogP) is 2.55. The summed E-state index contributed by atoms with van der Waals surface area (Å²) in [6, 6.07) is 11.2. The van der Waals surface area contributed by atoms with Crippen molar-refractivity contribution >= 4 is 5.91 Å². The van der Waals surface area contributed by atoms with Crippen molar-refractivity contribution in [3.05, 3.63) is 52.8 Å². The lowest BCUT2D eigenvalue weighted by atomic mass is 9.88. The van der Waals surface area contributed by atoms with Gasteiger partial charge in [0.2, 0.25) is 5.91 Å². The monoisotopic (exact) mass is 338 g/mol. The fourth-order valence-corrected chi connectivity index (χ4v) is 4.19. The van der Waals surface area contributed by atoms with Crippen LogP contribution in [0.5, 0.6) is 0 Å². The topological polar surface area (TPSA) is 50.2 Å². The highest BCUT2D eigenvalue weighted by atomic mass is 16.2. The quantitative estimate of drug-likeness (QED) is 0.932. The van der Waals surface area contributed by atoms with E-state index in [9.17, 15) is 4.79 Å². The van der Waals surface area contributed by atoms with Crippen LogP contribution in [0.1, 0.15) is 47.4 Å². The Morgan fingerprint density at radius 3 is 2.84 bits per heavy atom. The van der Waals surface area contributed by atoms with Gasteiger partial charge in [-0.2, -0.15) is 5.10 Å². The van der Waals surface area contributed by atoms with Gasteiger partial charge in [0.1, 0.15) is 0 Å². The summed E-state index contributed by atoms with van der Waals surface area (Å²) in [5.41, 5.74) is 4.94. The molecule has 0 unspecified atom stereocenters. The van der Waals surface area contributed by atoms with Crippen LogP contribution in [0.4, 0.5) is 0 Å². The van der Waals surface area contributed by atoms with Crippen molar-refractivity contribution in [2.75, 3.05) is 19.6 Å². The SMILES string of the molecule is Cc1cc(C)n(C2CN(CC(=O)N[C@@H]3CCCc4ccccc43)C2)n1. The van der Waals surface area contributed by atoms with Crippen molar-refractivity contribution in [1.82, 2.24) is 20.0 Å². The Morgan fingerprint density at radius 1 is 1.28 bits per heavy atom. The number of hydrogen-bond acceptors (Lipinski definition) is 3. The highest BCUT2D eigenvalue weighted by Crippen LogP contribution is 2.29. The summed E-state index contributed by atoms with van der Waals surface area (Å²) in [6.07, 6.45) is 3.31. The van der Waals surface area contributed by atoms with Crippen LogP contribution < -0.4 is 5.32 Å². The normalized spacial score (nSPS) is 20.8. The standard InChI is InChI=1S/C20H26N4O/c1-14-10-15(2)24(22-14)17-11-23(12-17)13-20(25)21-19-9-5-7-16-6-3-4-8-18(16)19/h3-4,6,8,10,17,19H,5,7,9,11-13H2,1-2H3,(H,21,25)/t19-/m1/s1. The predicted molar refractivity (Wildman–Crippen MR) is 97.4 cm³/mol. The number of rotatable bonds is 4. The number of carbonyl (C=O) groups is 1. The molecule has 1 aliphatic heterocycles. The van der Waals surface area contributed by atoms with Crippen molar-refractivity contribution in [2.24, 2.45) is 0 Å². The van der Waals surface area contributed by atoms with Crippen LogP contribution in [0, 0.1) is 13.8 Å². The van der Waals surface area contributed by atoms with E-state index >= 15 is 0 Å². The lowest BCUT2D eigenvalue weighted by molar-refractivity contribution is -0.124. The lowest BCUT2D eigenvalue weighted by Gasteiger charge is -2.39. The van der Waals surface area contributed by atoms with Crippen molar-refractivity contribution in [3.63, 3.8) is 0 Å². The van der Waals surface area contributed by atoms with E-state index in [1.807, 2.05) is 6.92 Å². The number of hydrogen-bond donors (Lipinski definition) is 1. The molecule has 2 heterocycles. The molecule has 1 aromatic heterocycles. The molecule has 5 heteroatoms. The van der Waals surface area contributed by atoms with Crippen LogP contribution >= 0.6 is 0 Å². The average molecular weight is 338 g/mol. The molecule has 5 nitrogen and oxygen atoms in total. The van der Waals surface area contributed by atoms with Gasteiger partial charge < -0.3 is 5.32 Å². The van der Waals surface area contributed by atoms with Gasteiger partial charge in [-0.15, -0.1) is 0 Å². The minimum atomic E-state index is 0.133. The molecule has 4 rings (SSSR count). The Kier molecular flexibility index (Phi) is 4.34. The first-order chi connectivity index (χ1) is 12.1. The van der Waals surface area contributed by atoms with Crippen LogP contribution in [0.25, 0.3) is 0 Å². The summed E-state index contributed by atoms with van der Waals surface area (Å²) in [5.74, 6) is 0.133. The van der Waals surface area contributed by atoms with E-state index < -0.39 is 0 Å². The van der Waals surface area contributed by atoms with Crippen molar-refractivity contribution < 1.29 is 4.79 Å². The van der Waals surface area contributed by atoms with Crippen LogP contribution in [-0.4, -0.2) is 40.2 Å². The first kappa shape index (κ1) is 16.3. The Balaban J connectivity index is 1.30. The average Bonchev–Trinajstić information content (AvgIpc) is 2.89. The number of benzene rings is 1. The zero-order valence-electron chi connectivity index (χ0n) is 15.0. The maximum atomic E-state index is 12.5. The van der Waals surface area contributed by atoms with Crippen molar-refractivity contribution in [3.8, 4) is 0 Å². The Morgan fingerprint density at radius 2 is 2.08 bits per heavy atom. The lowest BCUT2D eigenvalue weighted by Crippen LogP contribution is -2.52. The third kappa shape index (κ3) is 3.33. The van der Waals surface area contributed by atoms with Crippen LogP contribution in [0.15, 0.2) is 30.3 Å². The Labute approximate surface area is 149 Å². The second kappa shape index (κ2) is 6.64. The summed E-state index contributed by atoms with van der Waals surface area (Å²) in [4.78, 5) is 14.7. The van der Waals surface area contributed by atoms with E-state index in [0.717, 1.165) is 38.0 Å². The molecular formula is C20H26N4O. The molecule has 1 aromatic carbocycles. The molecule has 2 aliphatic rings. The molecule has 1 atom stereocenters. The fraction of sp³-hybridized carbons (Fsp3) is 0.500. The molecule has 1 amide bonds. The molecule has 0 saturated carbocycles. The van der Waals surface area contributed by atoms with Crippen molar-refractivity contribution in [1.29, 1.82) is 0 Å². The van der Waals surface area contributed by atoms with Gasteiger partial charge in [-0.05, 0) is 50.3 Å². The van der Waals surface area contributed by atoms with Crippen molar-refractivity contribution in [2.45, 2.75) is 45.2 Å². The number of amides is 1. The zero-order valence-corrected chi connectivity index (χ0v) is 15.0. The maximum absolute atomic E-state index is 12.5. The minimum absolute atomic E-state index is 0.133. The molecule has 25 heavy (non-hydrogen) atoms. The summed E-state index contributed by atoms with van der Waals surface area (Å²) < 4.78 is 2.10. The molecule has 1 saturated heterocycles. The second-order valence-corrected chi connectivity index (χ2v) is 7.43. The molecule has 0 spiro atoms. The van der Waals surface area contributed by atoms with Gasteiger partial charge in [0.15, 0.2) is 0 Å². The smallest absolute Gasteiger partial charge is 0.234 e. The van der Waals surface area contributed by atoms with E-state index in [2.05, 4.69) is 57.3 Å². The summed E-state index contributed by atoms with van der Waals surface area (Å²) in [5, 5.41) is 7.80. The first-order valence-electron chi connectivity index (χ1n) is 9.22. The van der Waals surface area contributed by atoms with Gasteiger partial charge in [-0.1, -0.05) is 24.3 Å². The van der Waals surface area contributed by atoms with Gasteiger partial charge in [0, 0.05) is 18.8 Å². The number of fused-ring (bicyclic) bond motifs is 1. The van der Waals surface area contributed by atoms with Crippen LogP contribution in [0.3, 0.4) is 0 Å². The molecule has 132 valence electrons. The number of aryl methyl sites for hydroxylation is 3. The molecular weight excluding hydrogens is 312 g/mol. The number of nitrogens with zero attached hydrogens (tertiary/aromatic N) is 3. The van der Waals surface area contributed by atoms with Gasteiger partial charge in [0.05, 0.1) is 24.3 Å². The Hall–Kier alpha value is -2.14. The molecule has 0 bridgehead atoms. The highest BCUT2D eigenvalue weighted by Gasteiger charge is 2.31. The van der Waals surface area contributed by atoms with Gasteiger partial charge in [-0.25, -0.2) is 0 Å². The minimum Gasteiger partial charge on any atom is -0.348 e. The number of carbonyl (C=O) groups excluding carboxylic acids is 1. The van der Waals surface area contributed by atoms with E-state index in [4.69, 9.17) is 0 Å². The molecule has 1 N–H and O–H groups in total. The summed E-state index contributed by atoms with van der Waals surface area (Å²) >= 11 is 0. The van der Waals surface area contributed by atoms with E-state index in [-0.39, 0.29) is 11.9 Å². The van der Waals surface area contributed by atoms with Crippen LogP contribution in [-0.2, 0) is 11.2 Å². The number of nitrogens with one attached hydrogen (secondary N) is 1. The van der Waals surface area contributed by atoms with E-state index in [1.54, 1.807) is 0 Å².